The fraction of sp³-hybridized carbons (Fsp3) is 0.833. The van der Waals surface area contributed by atoms with Crippen molar-refractivity contribution in [2.45, 2.75) is 12.5 Å². The Morgan fingerprint density at radius 2 is 2.60 bits per heavy atom. The van der Waals surface area contributed by atoms with E-state index in [4.69, 9.17) is 4.74 Å². The third-order valence-corrected chi connectivity index (χ3v) is 1.37. The molecule has 0 unspecified atom stereocenters. The summed E-state index contributed by atoms with van der Waals surface area (Å²) in [6, 6.07) is 0. The van der Waals surface area contributed by atoms with Gasteiger partial charge in [0.2, 0.25) is 0 Å². The minimum absolute atomic E-state index is 0.0440. The lowest BCUT2D eigenvalue weighted by Gasteiger charge is -2.02. The van der Waals surface area contributed by atoms with Crippen molar-refractivity contribution in [2.75, 3.05) is 20.4 Å². The molecule has 0 amide bonds. The van der Waals surface area contributed by atoms with Gasteiger partial charge in [0.05, 0.1) is 0 Å². The highest BCUT2D eigenvalue weighted by atomic mass is 16.7. The molecule has 1 heterocycles. The van der Waals surface area contributed by atoms with Gasteiger partial charge < -0.3 is 14.7 Å². The molecule has 1 aliphatic heterocycles. The van der Waals surface area contributed by atoms with E-state index in [-0.39, 0.29) is 12.9 Å². The lowest BCUT2D eigenvalue weighted by molar-refractivity contribution is -0.443. The van der Waals surface area contributed by atoms with Crippen LogP contribution in [-0.4, -0.2) is 37.5 Å². The second-order valence-corrected chi connectivity index (χ2v) is 2.19. The Hall–Kier alpha value is -0.610. The maximum atomic E-state index is 10.6. The van der Waals surface area contributed by atoms with Crippen molar-refractivity contribution in [1.82, 2.24) is 0 Å². The Bertz CT molecular complexity index is 135. The number of nitrogens with zero attached hydrogens (tertiary/aromatic N) is 1. The molecule has 0 spiro atoms. The molecule has 0 fully saturated rings. The first kappa shape index (κ1) is 7.50. The van der Waals surface area contributed by atoms with Gasteiger partial charge in [0.15, 0.2) is 12.8 Å². The molecule has 0 saturated heterocycles. The molecule has 1 atom stereocenters. The number of ether oxygens (including phenoxy) is 2. The number of methoxy groups -OCH3 is 1. The maximum Gasteiger partial charge on any atom is 0.180 e. The Kier molecular flexibility index (Phi) is 2.65. The second kappa shape index (κ2) is 3.53. The average Bonchev–Trinajstić information content (AvgIpc) is 2.31. The van der Waals surface area contributed by atoms with Crippen LogP contribution in [0.3, 0.4) is 0 Å². The van der Waals surface area contributed by atoms with Gasteiger partial charge in [0.1, 0.15) is 12.9 Å². The summed E-state index contributed by atoms with van der Waals surface area (Å²) in [5.41, 5.74) is 0. The first-order valence-corrected chi connectivity index (χ1v) is 3.22. The number of hydroxylamine groups is 1. The topological polar surface area (TPSA) is 44.5 Å². The van der Waals surface area contributed by atoms with Gasteiger partial charge in [0.25, 0.3) is 0 Å². The van der Waals surface area contributed by atoms with Gasteiger partial charge in [-0.05, 0) is 0 Å². The zero-order valence-electron chi connectivity index (χ0n) is 5.95. The van der Waals surface area contributed by atoms with E-state index in [2.05, 4.69) is 4.74 Å². The number of hydrogen-bond donors (Lipinski definition) is 0. The Balaban J connectivity index is 2.18. The second-order valence-electron chi connectivity index (χ2n) is 2.19. The van der Waals surface area contributed by atoms with Crippen LogP contribution >= 0.6 is 0 Å². The maximum absolute atomic E-state index is 10.6. The predicted octanol–water partition coefficient (Wildman–Crippen LogP) is -0.0397. The van der Waals surface area contributed by atoms with Gasteiger partial charge in [-0.15, -0.1) is 0 Å². The van der Waals surface area contributed by atoms with E-state index in [1.165, 1.54) is 6.21 Å². The quantitative estimate of drug-likeness (QED) is 0.318. The van der Waals surface area contributed by atoms with E-state index in [1.54, 1.807) is 7.11 Å². The van der Waals surface area contributed by atoms with Gasteiger partial charge in [0, 0.05) is 13.5 Å². The summed E-state index contributed by atoms with van der Waals surface area (Å²) in [5.74, 6) is 0. The smallest absolute Gasteiger partial charge is 0.180 e. The summed E-state index contributed by atoms with van der Waals surface area (Å²) < 4.78 is 10.7. The van der Waals surface area contributed by atoms with E-state index in [9.17, 15) is 5.21 Å². The van der Waals surface area contributed by atoms with Crippen molar-refractivity contribution >= 4 is 6.21 Å². The van der Waals surface area contributed by atoms with E-state index in [1.807, 2.05) is 0 Å². The van der Waals surface area contributed by atoms with Crippen LogP contribution in [0.2, 0.25) is 0 Å². The zero-order chi connectivity index (χ0) is 7.40. The standard InChI is InChI=1S/C6H11NO3/c1-9-5-10-6-2-3-7(8)4-6/h4,6H,2-3,5H2,1H3/t6-/m0/s1. The van der Waals surface area contributed by atoms with Crippen LogP contribution in [0.5, 0.6) is 0 Å². The minimum Gasteiger partial charge on any atom is -0.624 e. The fourth-order valence-electron chi connectivity index (χ4n) is 0.871. The summed E-state index contributed by atoms with van der Waals surface area (Å²) in [7, 11) is 1.56. The lowest BCUT2D eigenvalue weighted by atomic mass is 10.3. The van der Waals surface area contributed by atoms with Crippen molar-refractivity contribution in [3.8, 4) is 0 Å². The van der Waals surface area contributed by atoms with Crippen LogP contribution in [-0.2, 0) is 9.47 Å². The SMILES string of the molecule is COCO[C@@H]1C=[N+]([O-])CC1. The van der Waals surface area contributed by atoms with Gasteiger partial charge in [-0.2, -0.15) is 0 Å². The molecule has 10 heavy (non-hydrogen) atoms. The van der Waals surface area contributed by atoms with Crippen LogP contribution in [0.1, 0.15) is 6.42 Å². The monoisotopic (exact) mass is 145 g/mol. The van der Waals surface area contributed by atoms with Gasteiger partial charge in [-0.25, -0.2) is 4.74 Å². The molecule has 58 valence electrons. The van der Waals surface area contributed by atoms with Crippen LogP contribution in [0.25, 0.3) is 0 Å². The molecular formula is C6H11NO3. The molecule has 0 aromatic heterocycles. The molecule has 0 radical (unpaired) electrons. The van der Waals surface area contributed by atoms with E-state index >= 15 is 0 Å². The molecule has 0 bridgehead atoms. The Labute approximate surface area is 59.6 Å². The summed E-state index contributed by atoms with van der Waals surface area (Å²) in [5, 5.41) is 10.6. The third kappa shape index (κ3) is 1.97. The molecule has 1 rings (SSSR count). The molecule has 0 aromatic carbocycles. The first-order chi connectivity index (χ1) is 4.83. The normalized spacial score (nSPS) is 24.9. The van der Waals surface area contributed by atoms with E-state index in [0.29, 0.717) is 6.54 Å². The summed E-state index contributed by atoms with van der Waals surface area (Å²) in [6.07, 6.45) is 2.25. The van der Waals surface area contributed by atoms with Crippen LogP contribution in [0.15, 0.2) is 0 Å². The molecule has 4 heteroatoms. The van der Waals surface area contributed by atoms with Gasteiger partial charge in [-0.3, -0.25) is 0 Å². The number of hydrogen-bond acceptors (Lipinski definition) is 3. The van der Waals surface area contributed by atoms with Gasteiger partial charge >= 0.3 is 0 Å². The zero-order valence-corrected chi connectivity index (χ0v) is 5.95. The Morgan fingerprint density at radius 3 is 3.10 bits per heavy atom. The van der Waals surface area contributed by atoms with Crippen LogP contribution < -0.4 is 0 Å². The molecular weight excluding hydrogens is 134 g/mol. The molecule has 1 aliphatic rings. The lowest BCUT2D eigenvalue weighted by Crippen LogP contribution is -2.12. The number of rotatable bonds is 3. The van der Waals surface area contributed by atoms with Crippen molar-refractivity contribution in [3.63, 3.8) is 0 Å². The first-order valence-electron chi connectivity index (χ1n) is 3.22. The highest BCUT2D eigenvalue weighted by Crippen LogP contribution is 2.02. The summed E-state index contributed by atoms with van der Waals surface area (Å²) >= 11 is 0. The predicted molar refractivity (Wildman–Crippen MR) is 35.9 cm³/mol. The van der Waals surface area contributed by atoms with E-state index in [0.717, 1.165) is 11.2 Å². The molecule has 0 N–H and O–H groups in total. The highest BCUT2D eigenvalue weighted by molar-refractivity contribution is 5.59. The minimum atomic E-state index is -0.0440. The van der Waals surface area contributed by atoms with Gasteiger partial charge in [-0.1, -0.05) is 0 Å². The van der Waals surface area contributed by atoms with Crippen LogP contribution in [0.4, 0.5) is 0 Å². The average molecular weight is 145 g/mol. The fourth-order valence-corrected chi connectivity index (χ4v) is 0.871. The summed E-state index contributed by atoms with van der Waals surface area (Å²) in [4.78, 5) is 0. The van der Waals surface area contributed by atoms with Crippen molar-refractivity contribution in [2.24, 2.45) is 0 Å². The summed E-state index contributed by atoms with van der Waals surface area (Å²) in [6.45, 7) is 0.795. The van der Waals surface area contributed by atoms with Crippen molar-refractivity contribution in [1.29, 1.82) is 0 Å². The highest BCUT2D eigenvalue weighted by Gasteiger charge is 2.18. The van der Waals surface area contributed by atoms with E-state index < -0.39 is 0 Å². The third-order valence-electron chi connectivity index (χ3n) is 1.37. The molecule has 4 nitrogen and oxygen atoms in total. The molecule has 0 aromatic rings. The largest absolute Gasteiger partial charge is 0.624 e. The van der Waals surface area contributed by atoms with Crippen LogP contribution in [0, 0.1) is 5.21 Å². The molecule has 0 aliphatic carbocycles. The molecule has 0 saturated carbocycles. The van der Waals surface area contributed by atoms with Crippen molar-refractivity contribution in [3.05, 3.63) is 5.21 Å². The Morgan fingerprint density at radius 1 is 1.80 bits per heavy atom. The van der Waals surface area contributed by atoms with Crippen molar-refractivity contribution < 1.29 is 14.2 Å².